The Morgan fingerprint density at radius 2 is 1.60 bits per heavy atom. The third-order valence-electron chi connectivity index (χ3n) is 1.31. The lowest BCUT2D eigenvalue weighted by molar-refractivity contribution is 0.677. The van der Waals surface area contributed by atoms with E-state index in [4.69, 9.17) is 34.8 Å². The van der Waals surface area contributed by atoms with Crippen LogP contribution in [0.2, 0.25) is 6.04 Å². The first-order chi connectivity index (χ1) is 4.56. The second kappa shape index (κ2) is 5.70. The maximum atomic E-state index is 5.55. The Kier molecular flexibility index (Phi) is 6.32. The first-order valence-electron chi connectivity index (χ1n) is 3.63. The Balaban J connectivity index is 3.04. The number of alkyl halides is 3. The molecule has 0 radical (unpaired) electrons. The summed E-state index contributed by atoms with van der Waals surface area (Å²) in [5.41, 5.74) is 0. The van der Waals surface area contributed by atoms with E-state index in [1.165, 1.54) is 29.1 Å². The molecule has 0 aliphatic heterocycles. The lowest BCUT2D eigenvalue weighted by Gasteiger charge is -2.08. The van der Waals surface area contributed by atoms with Gasteiger partial charge in [-0.1, -0.05) is 53.7 Å². The average molecular weight is 220 g/mol. The van der Waals surface area contributed by atoms with Crippen LogP contribution in [-0.2, 0) is 0 Å². The molecule has 0 amide bonds. The molecular weight excluding hydrogens is 207 g/mol. The number of halogens is 3. The molecule has 0 saturated carbocycles. The molecule has 0 aromatic rings. The molecule has 0 fully saturated rings. The van der Waals surface area contributed by atoms with E-state index in [0.717, 1.165) is 6.42 Å². The fourth-order valence-electron chi connectivity index (χ4n) is 0.752. The molecule has 0 aliphatic rings. The topological polar surface area (TPSA) is 0 Å². The van der Waals surface area contributed by atoms with E-state index in [1.54, 1.807) is 0 Å². The van der Waals surface area contributed by atoms with Crippen LogP contribution in [0, 0.1) is 0 Å². The van der Waals surface area contributed by atoms with Crippen LogP contribution in [0.1, 0.15) is 25.7 Å². The maximum Gasteiger partial charge on any atom is 0.190 e. The van der Waals surface area contributed by atoms with Crippen LogP contribution in [0.25, 0.3) is 0 Å². The van der Waals surface area contributed by atoms with E-state index in [9.17, 15) is 0 Å². The van der Waals surface area contributed by atoms with Crippen LogP contribution in [0.3, 0.4) is 0 Å². The fourth-order valence-corrected chi connectivity index (χ4v) is 1.65. The molecule has 10 heavy (non-hydrogen) atoms. The zero-order valence-corrected chi connectivity index (χ0v) is 10.4. The maximum absolute atomic E-state index is 5.55. The third kappa shape index (κ3) is 9.09. The normalized spacial score (nSPS) is 12.3. The van der Waals surface area contributed by atoms with E-state index < -0.39 is 3.79 Å². The predicted octanol–water partition coefficient (Wildman–Crippen LogP) is 2.70. The molecule has 0 heterocycles. The van der Waals surface area contributed by atoms with Crippen molar-refractivity contribution in [3.8, 4) is 0 Å². The van der Waals surface area contributed by atoms with E-state index >= 15 is 0 Å². The Morgan fingerprint density at radius 1 is 1.00 bits per heavy atom. The molecule has 0 saturated heterocycles. The molecular formula is C6H13Cl3Si. The second-order valence-corrected chi connectivity index (χ2v) is 5.94. The summed E-state index contributed by atoms with van der Waals surface area (Å²) in [6.07, 6.45) is 4.24. The van der Waals surface area contributed by atoms with Gasteiger partial charge in [0.1, 0.15) is 0 Å². The van der Waals surface area contributed by atoms with Gasteiger partial charge in [-0.05, 0) is 12.8 Å². The molecule has 0 aromatic heterocycles. The molecule has 0 N–H and O–H groups in total. The van der Waals surface area contributed by atoms with Gasteiger partial charge in [-0.25, -0.2) is 0 Å². The van der Waals surface area contributed by atoms with E-state index in [0.29, 0.717) is 6.42 Å². The molecule has 0 unspecified atom stereocenters. The van der Waals surface area contributed by atoms with Crippen molar-refractivity contribution < 1.29 is 0 Å². The average Bonchev–Trinajstić information content (AvgIpc) is 1.78. The lowest BCUT2D eigenvalue weighted by atomic mass is 10.2. The van der Waals surface area contributed by atoms with Crippen LogP contribution in [0.4, 0.5) is 0 Å². The van der Waals surface area contributed by atoms with Crippen molar-refractivity contribution in [1.82, 2.24) is 0 Å². The molecule has 4 heteroatoms. The fraction of sp³-hybridized carbons (Fsp3) is 1.00. The molecule has 62 valence electrons. The largest absolute Gasteiger partial charge is 0.190 e. The van der Waals surface area contributed by atoms with E-state index in [2.05, 4.69) is 0 Å². The summed E-state index contributed by atoms with van der Waals surface area (Å²) in [6.45, 7) is 0. The summed E-state index contributed by atoms with van der Waals surface area (Å²) in [5, 5.41) is 0. The van der Waals surface area contributed by atoms with Gasteiger partial charge < -0.3 is 0 Å². The minimum atomic E-state index is -1.02. The summed E-state index contributed by atoms with van der Waals surface area (Å²) < 4.78 is -1.02. The van der Waals surface area contributed by atoms with Crippen molar-refractivity contribution in [3.05, 3.63) is 0 Å². The highest BCUT2D eigenvalue weighted by molar-refractivity contribution is 6.67. The zero-order chi connectivity index (χ0) is 8.04. The van der Waals surface area contributed by atoms with Crippen molar-refractivity contribution in [3.63, 3.8) is 0 Å². The van der Waals surface area contributed by atoms with Gasteiger partial charge in [-0.15, -0.1) is 0 Å². The monoisotopic (exact) mass is 218 g/mol. The highest BCUT2D eigenvalue weighted by atomic mass is 35.6. The van der Waals surface area contributed by atoms with E-state index in [-0.39, 0.29) is 0 Å². The van der Waals surface area contributed by atoms with Gasteiger partial charge in [0, 0.05) is 10.2 Å². The van der Waals surface area contributed by atoms with Gasteiger partial charge in [0.15, 0.2) is 3.79 Å². The summed E-state index contributed by atoms with van der Waals surface area (Å²) in [5.74, 6) is 0. The molecule has 0 nitrogen and oxygen atoms in total. The SMILES string of the molecule is [SiH3]CCCCCC(Cl)(Cl)Cl. The van der Waals surface area contributed by atoms with Crippen LogP contribution in [-0.4, -0.2) is 14.0 Å². The van der Waals surface area contributed by atoms with Gasteiger partial charge in [0.05, 0.1) is 0 Å². The summed E-state index contributed by atoms with van der Waals surface area (Å²) in [4.78, 5) is 0. The number of unbranched alkanes of at least 4 members (excludes halogenated alkanes) is 2. The van der Waals surface area contributed by atoms with Crippen molar-refractivity contribution >= 4 is 45.0 Å². The van der Waals surface area contributed by atoms with Crippen LogP contribution >= 0.6 is 34.8 Å². The Labute approximate surface area is 80.6 Å². The first kappa shape index (κ1) is 11.1. The summed E-state index contributed by atoms with van der Waals surface area (Å²) in [7, 11) is 1.30. The molecule has 0 rings (SSSR count). The lowest BCUT2D eigenvalue weighted by Crippen LogP contribution is -2.00. The van der Waals surface area contributed by atoms with Crippen molar-refractivity contribution in [1.29, 1.82) is 0 Å². The standard InChI is InChI=1S/C6H13Cl3Si/c7-6(8,9)4-2-1-3-5-10/h1-5H2,10H3. The second-order valence-electron chi connectivity index (χ2n) is 2.43. The number of hydrogen-bond donors (Lipinski definition) is 0. The molecule has 0 bridgehead atoms. The third-order valence-corrected chi connectivity index (χ3v) is 2.59. The quantitative estimate of drug-likeness (QED) is 0.388. The van der Waals surface area contributed by atoms with Crippen molar-refractivity contribution in [2.24, 2.45) is 0 Å². The summed E-state index contributed by atoms with van der Waals surface area (Å²) >= 11 is 16.7. The molecule has 0 spiro atoms. The van der Waals surface area contributed by atoms with Crippen molar-refractivity contribution in [2.75, 3.05) is 0 Å². The Morgan fingerprint density at radius 3 is 2.00 bits per heavy atom. The van der Waals surface area contributed by atoms with Gasteiger partial charge in [0.25, 0.3) is 0 Å². The van der Waals surface area contributed by atoms with Crippen molar-refractivity contribution in [2.45, 2.75) is 35.5 Å². The zero-order valence-electron chi connectivity index (χ0n) is 6.17. The predicted molar refractivity (Wildman–Crippen MR) is 53.5 cm³/mol. The van der Waals surface area contributed by atoms with Crippen LogP contribution in [0.15, 0.2) is 0 Å². The van der Waals surface area contributed by atoms with Crippen LogP contribution < -0.4 is 0 Å². The van der Waals surface area contributed by atoms with Gasteiger partial charge in [-0.2, -0.15) is 0 Å². The molecule has 0 aliphatic carbocycles. The summed E-state index contributed by atoms with van der Waals surface area (Å²) in [6, 6.07) is 1.36. The first-order valence-corrected chi connectivity index (χ1v) is 6.18. The number of hydrogen-bond acceptors (Lipinski definition) is 0. The minimum absolute atomic E-state index is 0.694. The smallest absolute Gasteiger partial charge is 0.0837 e. The highest BCUT2D eigenvalue weighted by Crippen LogP contribution is 2.31. The van der Waals surface area contributed by atoms with Gasteiger partial charge >= 0.3 is 0 Å². The Hall–Kier alpha value is 1.09. The molecule has 0 atom stereocenters. The minimum Gasteiger partial charge on any atom is -0.0837 e. The Bertz CT molecular complexity index is 79.6. The van der Waals surface area contributed by atoms with E-state index in [1.807, 2.05) is 0 Å². The number of rotatable bonds is 4. The van der Waals surface area contributed by atoms with Crippen LogP contribution in [0.5, 0.6) is 0 Å². The molecule has 0 aromatic carbocycles. The van der Waals surface area contributed by atoms with Gasteiger partial charge in [0.2, 0.25) is 0 Å². The van der Waals surface area contributed by atoms with Gasteiger partial charge in [-0.3, -0.25) is 0 Å². The highest BCUT2D eigenvalue weighted by Gasteiger charge is 2.17.